The third-order valence-electron chi connectivity index (χ3n) is 9.13. The fourth-order valence-corrected chi connectivity index (χ4v) is 6.79. The quantitative estimate of drug-likeness (QED) is 0.198. The van der Waals surface area contributed by atoms with Crippen LogP contribution in [0.1, 0.15) is 25.0 Å². The van der Waals surface area contributed by atoms with E-state index in [9.17, 15) is 0 Å². The summed E-state index contributed by atoms with van der Waals surface area (Å²) in [6.07, 6.45) is 0. The molecule has 0 radical (unpaired) electrons. The molecule has 0 N–H and O–H groups in total. The summed E-state index contributed by atoms with van der Waals surface area (Å²) in [6.45, 7) is 4.62. The SMILES string of the molecule is CC1(C)c2ccccc2-c2ccc(N(c3ccc4oc(-c5ccccc5)nc4c3)c3ccc4nc(-c5ccccc5)oc4c3)cc21. The smallest absolute Gasteiger partial charge is 0.227 e. The molecule has 8 aromatic rings. The van der Waals surface area contributed by atoms with Crippen LogP contribution in [0.2, 0.25) is 0 Å². The minimum Gasteiger partial charge on any atom is -0.436 e. The Morgan fingerprint density at radius 2 is 1.04 bits per heavy atom. The first-order valence-corrected chi connectivity index (χ1v) is 15.5. The number of nitrogens with zero attached hydrogens (tertiary/aromatic N) is 3. The summed E-state index contributed by atoms with van der Waals surface area (Å²) in [6, 6.07) is 47.9. The number of aromatic nitrogens is 2. The zero-order chi connectivity index (χ0) is 30.8. The Hall–Kier alpha value is -5.94. The minimum absolute atomic E-state index is 0.131. The Morgan fingerprint density at radius 3 is 1.80 bits per heavy atom. The zero-order valence-corrected chi connectivity index (χ0v) is 25.4. The highest BCUT2D eigenvalue weighted by Gasteiger charge is 2.35. The largest absolute Gasteiger partial charge is 0.436 e. The zero-order valence-electron chi connectivity index (χ0n) is 25.4. The van der Waals surface area contributed by atoms with Gasteiger partial charge in [0.1, 0.15) is 11.0 Å². The van der Waals surface area contributed by atoms with E-state index in [1.165, 1.54) is 22.3 Å². The second-order valence-corrected chi connectivity index (χ2v) is 12.3. The molecule has 2 aromatic heterocycles. The van der Waals surface area contributed by atoms with Gasteiger partial charge in [0.15, 0.2) is 11.2 Å². The summed E-state index contributed by atoms with van der Waals surface area (Å²) >= 11 is 0. The van der Waals surface area contributed by atoms with Crippen LogP contribution in [0.15, 0.2) is 148 Å². The molecule has 46 heavy (non-hydrogen) atoms. The van der Waals surface area contributed by atoms with Crippen molar-refractivity contribution >= 4 is 39.3 Å². The molecule has 0 unspecified atom stereocenters. The predicted octanol–water partition coefficient (Wildman–Crippen LogP) is 11.1. The fourth-order valence-electron chi connectivity index (χ4n) is 6.79. The lowest BCUT2D eigenvalue weighted by atomic mass is 9.82. The lowest BCUT2D eigenvalue weighted by molar-refractivity contribution is 0.619. The van der Waals surface area contributed by atoms with Crippen LogP contribution >= 0.6 is 0 Å². The Balaban J connectivity index is 1.21. The van der Waals surface area contributed by atoms with E-state index < -0.39 is 0 Å². The number of hydrogen-bond donors (Lipinski definition) is 0. The van der Waals surface area contributed by atoms with E-state index in [-0.39, 0.29) is 5.41 Å². The normalized spacial score (nSPS) is 13.2. The molecule has 1 aliphatic rings. The van der Waals surface area contributed by atoms with Gasteiger partial charge in [0.25, 0.3) is 0 Å². The standard InChI is InChI=1S/C41H29N3O2/c1-41(2)33-16-10-9-15-31(33)32-20-17-28(23-34(32)41)44(29-19-22-37-36(24-29)43-40(45-37)27-13-7-4-8-14-27)30-18-21-35-38(25-30)46-39(42-35)26-11-5-3-6-12-26/h3-25H,1-2H3. The topological polar surface area (TPSA) is 55.3 Å². The van der Waals surface area contributed by atoms with Gasteiger partial charge < -0.3 is 13.7 Å². The van der Waals surface area contributed by atoms with Crippen molar-refractivity contribution in [3.8, 4) is 34.0 Å². The van der Waals surface area contributed by atoms with E-state index in [1.807, 2.05) is 72.8 Å². The average molecular weight is 596 g/mol. The molecule has 1 aliphatic carbocycles. The lowest BCUT2D eigenvalue weighted by Crippen LogP contribution is -2.16. The van der Waals surface area contributed by atoms with Crippen molar-refractivity contribution in [2.75, 3.05) is 4.90 Å². The van der Waals surface area contributed by atoms with Crippen LogP contribution in [0.4, 0.5) is 17.1 Å². The van der Waals surface area contributed by atoms with Crippen LogP contribution in [-0.4, -0.2) is 9.97 Å². The number of oxazole rings is 2. The van der Waals surface area contributed by atoms with Gasteiger partial charge in [-0.25, -0.2) is 9.97 Å². The second kappa shape index (κ2) is 10.0. The third-order valence-corrected chi connectivity index (χ3v) is 9.13. The highest BCUT2D eigenvalue weighted by atomic mass is 16.4. The number of fused-ring (bicyclic) bond motifs is 5. The van der Waals surface area contributed by atoms with Crippen molar-refractivity contribution < 1.29 is 8.83 Å². The molecule has 6 aromatic carbocycles. The fraction of sp³-hybridized carbons (Fsp3) is 0.0732. The van der Waals surface area contributed by atoms with Gasteiger partial charge in [-0.05, 0) is 89.0 Å². The van der Waals surface area contributed by atoms with Crippen LogP contribution in [0.3, 0.4) is 0 Å². The van der Waals surface area contributed by atoms with E-state index in [1.54, 1.807) is 0 Å². The van der Waals surface area contributed by atoms with Gasteiger partial charge in [-0.15, -0.1) is 0 Å². The first kappa shape index (κ1) is 26.5. The predicted molar refractivity (Wildman–Crippen MR) is 185 cm³/mol. The van der Waals surface area contributed by atoms with Crippen molar-refractivity contribution in [1.82, 2.24) is 9.97 Å². The Bertz CT molecular complexity index is 2290. The Labute approximate surface area is 266 Å². The van der Waals surface area contributed by atoms with E-state index in [0.717, 1.165) is 50.4 Å². The Kier molecular flexibility index (Phi) is 5.78. The number of anilines is 3. The van der Waals surface area contributed by atoms with Crippen LogP contribution < -0.4 is 4.90 Å². The number of rotatable bonds is 5. The van der Waals surface area contributed by atoms with Crippen molar-refractivity contribution in [3.63, 3.8) is 0 Å². The molecule has 0 spiro atoms. The summed E-state index contributed by atoms with van der Waals surface area (Å²) in [5.41, 5.74) is 13.0. The highest BCUT2D eigenvalue weighted by Crippen LogP contribution is 2.50. The van der Waals surface area contributed by atoms with Gasteiger partial charge in [-0.3, -0.25) is 0 Å². The molecule has 5 nitrogen and oxygen atoms in total. The van der Waals surface area contributed by atoms with Gasteiger partial charge in [0, 0.05) is 39.7 Å². The first-order chi connectivity index (χ1) is 22.5. The molecule has 220 valence electrons. The maximum atomic E-state index is 6.32. The van der Waals surface area contributed by atoms with Gasteiger partial charge in [-0.1, -0.05) is 80.6 Å². The van der Waals surface area contributed by atoms with Crippen molar-refractivity contribution in [3.05, 3.63) is 151 Å². The number of benzene rings is 6. The van der Waals surface area contributed by atoms with Crippen LogP contribution in [-0.2, 0) is 5.41 Å². The molecule has 0 atom stereocenters. The molecule has 0 saturated heterocycles. The minimum atomic E-state index is -0.131. The molecule has 0 fully saturated rings. The molecule has 0 aliphatic heterocycles. The maximum absolute atomic E-state index is 6.32. The second-order valence-electron chi connectivity index (χ2n) is 12.3. The highest BCUT2D eigenvalue weighted by molar-refractivity contribution is 5.90. The van der Waals surface area contributed by atoms with Crippen LogP contribution in [0.5, 0.6) is 0 Å². The molecule has 5 heteroatoms. The monoisotopic (exact) mass is 595 g/mol. The van der Waals surface area contributed by atoms with Gasteiger partial charge in [0.05, 0.1) is 0 Å². The molecule has 2 heterocycles. The number of hydrogen-bond acceptors (Lipinski definition) is 5. The van der Waals surface area contributed by atoms with E-state index in [4.69, 9.17) is 18.8 Å². The average Bonchev–Trinajstić information content (AvgIpc) is 3.79. The molecule has 0 saturated carbocycles. The molecular weight excluding hydrogens is 566 g/mol. The van der Waals surface area contributed by atoms with E-state index >= 15 is 0 Å². The molecule has 0 bridgehead atoms. The summed E-state index contributed by atoms with van der Waals surface area (Å²) in [4.78, 5) is 11.9. The van der Waals surface area contributed by atoms with Crippen LogP contribution in [0.25, 0.3) is 56.2 Å². The summed E-state index contributed by atoms with van der Waals surface area (Å²) in [7, 11) is 0. The van der Waals surface area contributed by atoms with Crippen molar-refractivity contribution in [2.24, 2.45) is 0 Å². The lowest BCUT2D eigenvalue weighted by Gasteiger charge is -2.28. The van der Waals surface area contributed by atoms with Gasteiger partial charge >= 0.3 is 0 Å². The molecule has 0 amide bonds. The molecular formula is C41H29N3O2. The van der Waals surface area contributed by atoms with Crippen molar-refractivity contribution in [1.29, 1.82) is 0 Å². The van der Waals surface area contributed by atoms with E-state index in [0.29, 0.717) is 11.8 Å². The van der Waals surface area contributed by atoms with Crippen molar-refractivity contribution in [2.45, 2.75) is 19.3 Å². The molecule has 9 rings (SSSR count). The summed E-state index contributed by atoms with van der Waals surface area (Å²) < 4.78 is 12.5. The summed E-state index contributed by atoms with van der Waals surface area (Å²) in [5, 5.41) is 0. The third kappa shape index (κ3) is 4.16. The van der Waals surface area contributed by atoms with Gasteiger partial charge in [0.2, 0.25) is 11.8 Å². The Morgan fingerprint density at radius 1 is 0.478 bits per heavy atom. The summed E-state index contributed by atoms with van der Waals surface area (Å²) in [5.74, 6) is 1.21. The maximum Gasteiger partial charge on any atom is 0.227 e. The van der Waals surface area contributed by atoms with Gasteiger partial charge in [-0.2, -0.15) is 0 Å². The first-order valence-electron chi connectivity index (χ1n) is 15.5. The van der Waals surface area contributed by atoms with E-state index in [2.05, 4.69) is 85.5 Å². The van der Waals surface area contributed by atoms with Crippen LogP contribution in [0, 0.1) is 0 Å².